The van der Waals surface area contributed by atoms with Gasteiger partial charge in [0.15, 0.2) is 0 Å². The maximum Gasteiger partial charge on any atom is 0.240 e. The van der Waals surface area contributed by atoms with Gasteiger partial charge in [-0.15, -0.1) is 0 Å². The summed E-state index contributed by atoms with van der Waals surface area (Å²) in [6, 6.07) is 5.35. The molecule has 1 aromatic rings. The van der Waals surface area contributed by atoms with Crippen molar-refractivity contribution in [1.82, 2.24) is 19.8 Å². The van der Waals surface area contributed by atoms with Gasteiger partial charge < -0.3 is 10.2 Å². The second-order valence-corrected chi connectivity index (χ2v) is 9.66. The predicted molar refractivity (Wildman–Crippen MR) is 110 cm³/mol. The van der Waals surface area contributed by atoms with Gasteiger partial charge >= 0.3 is 0 Å². The number of rotatable bonds is 8. The Morgan fingerprint density at radius 3 is 2.38 bits per heavy atom. The van der Waals surface area contributed by atoms with E-state index in [1.807, 2.05) is 18.7 Å². The number of nitrogens with zero attached hydrogens (tertiary/aromatic N) is 2. The van der Waals surface area contributed by atoms with Crippen LogP contribution in [0.1, 0.15) is 30.4 Å². The van der Waals surface area contributed by atoms with Gasteiger partial charge in [0.2, 0.25) is 21.8 Å². The lowest BCUT2D eigenvalue weighted by molar-refractivity contribution is -0.133. The number of carbonyl (C=O) groups excluding carboxylic acids is 2. The van der Waals surface area contributed by atoms with Crippen LogP contribution in [0.25, 0.3) is 0 Å². The first-order valence-corrected chi connectivity index (χ1v) is 11.6. The Hall–Kier alpha value is -1.97. The number of sulfonamides is 1. The van der Waals surface area contributed by atoms with Crippen molar-refractivity contribution >= 4 is 21.8 Å². The molecule has 2 aliphatic rings. The SMILES string of the molecule is Cc1ccc(S(=O)(=O)NCCC(=O)N2CCN(CC(=O)NC3CC3)CC2)cc1C. The molecule has 1 heterocycles. The average Bonchev–Trinajstić information content (AvgIpc) is 3.48. The number of hydrogen-bond acceptors (Lipinski definition) is 5. The second kappa shape index (κ2) is 9.23. The van der Waals surface area contributed by atoms with Crippen LogP contribution in [0, 0.1) is 13.8 Å². The molecular formula is C20H30N4O4S. The molecule has 9 heteroatoms. The van der Waals surface area contributed by atoms with Crippen LogP contribution in [0.2, 0.25) is 0 Å². The maximum atomic E-state index is 12.4. The van der Waals surface area contributed by atoms with Crippen molar-refractivity contribution in [3.8, 4) is 0 Å². The lowest BCUT2D eigenvalue weighted by Crippen LogP contribution is -2.51. The first-order valence-electron chi connectivity index (χ1n) is 10.1. The summed E-state index contributed by atoms with van der Waals surface area (Å²) in [6.45, 7) is 6.64. The first-order chi connectivity index (χ1) is 13.7. The van der Waals surface area contributed by atoms with Gasteiger partial charge in [-0.1, -0.05) is 6.07 Å². The highest BCUT2D eigenvalue weighted by molar-refractivity contribution is 7.89. The Morgan fingerprint density at radius 2 is 1.76 bits per heavy atom. The van der Waals surface area contributed by atoms with Crippen molar-refractivity contribution in [2.24, 2.45) is 0 Å². The molecule has 0 bridgehead atoms. The molecule has 2 N–H and O–H groups in total. The number of piperazine rings is 1. The fourth-order valence-electron chi connectivity index (χ4n) is 3.27. The molecule has 8 nitrogen and oxygen atoms in total. The van der Waals surface area contributed by atoms with Crippen LogP contribution in [0.15, 0.2) is 23.1 Å². The van der Waals surface area contributed by atoms with Crippen LogP contribution in [0.4, 0.5) is 0 Å². The molecule has 29 heavy (non-hydrogen) atoms. The first kappa shape index (κ1) is 21.7. The minimum atomic E-state index is -3.63. The lowest BCUT2D eigenvalue weighted by Gasteiger charge is -2.34. The smallest absolute Gasteiger partial charge is 0.240 e. The number of nitrogens with one attached hydrogen (secondary N) is 2. The number of carbonyl (C=O) groups is 2. The van der Waals surface area contributed by atoms with E-state index in [4.69, 9.17) is 0 Å². The Morgan fingerprint density at radius 1 is 1.07 bits per heavy atom. The van der Waals surface area contributed by atoms with Gasteiger partial charge in [-0.3, -0.25) is 14.5 Å². The lowest BCUT2D eigenvalue weighted by atomic mass is 10.1. The highest BCUT2D eigenvalue weighted by Gasteiger charge is 2.26. The van der Waals surface area contributed by atoms with E-state index in [1.54, 1.807) is 23.1 Å². The normalized spacial score (nSPS) is 17.9. The third-order valence-electron chi connectivity index (χ3n) is 5.45. The van der Waals surface area contributed by atoms with Crippen molar-refractivity contribution in [1.29, 1.82) is 0 Å². The standard InChI is InChI=1S/C20H30N4O4S/c1-15-3-6-18(13-16(15)2)29(27,28)21-8-7-20(26)24-11-9-23(10-12-24)14-19(25)22-17-4-5-17/h3,6,13,17,21H,4-5,7-12,14H2,1-2H3,(H,22,25). The third-order valence-corrected chi connectivity index (χ3v) is 6.91. The molecule has 0 unspecified atom stereocenters. The zero-order valence-electron chi connectivity index (χ0n) is 17.1. The van der Waals surface area contributed by atoms with Gasteiger partial charge in [0.1, 0.15) is 0 Å². The predicted octanol–water partition coefficient (Wildman–Crippen LogP) is 0.395. The molecule has 0 aromatic heterocycles. The highest BCUT2D eigenvalue weighted by Crippen LogP contribution is 2.18. The van der Waals surface area contributed by atoms with Crippen LogP contribution in [-0.2, 0) is 19.6 Å². The summed E-state index contributed by atoms with van der Waals surface area (Å²) in [5, 5.41) is 2.97. The molecule has 0 radical (unpaired) electrons. The maximum absolute atomic E-state index is 12.4. The van der Waals surface area contributed by atoms with E-state index in [0.717, 1.165) is 24.0 Å². The molecular weight excluding hydrogens is 392 g/mol. The van der Waals surface area contributed by atoms with Gasteiger partial charge in [0.25, 0.3) is 0 Å². The summed E-state index contributed by atoms with van der Waals surface area (Å²) in [5.74, 6) is -0.0251. The van der Waals surface area contributed by atoms with Crippen molar-refractivity contribution in [3.05, 3.63) is 29.3 Å². The quantitative estimate of drug-likeness (QED) is 0.632. The summed E-state index contributed by atoms with van der Waals surface area (Å²) in [7, 11) is -3.63. The van der Waals surface area contributed by atoms with Crippen LogP contribution in [-0.4, -0.2) is 75.3 Å². The molecule has 2 amide bonds. The summed E-state index contributed by atoms with van der Waals surface area (Å²) in [5.41, 5.74) is 1.94. The van der Waals surface area contributed by atoms with E-state index in [2.05, 4.69) is 10.0 Å². The van der Waals surface area contributed by atoms with Crippen molar-refractivity contribution in [2.75, 3.05) is 39.3 Å². The second-order valence-electron chi connectivity index (χ2n) is 7.89. The van der Waals surface area contributed by atoms with Gasteiger partial charge in [-0.2, -0.15) is 0 Å². The summed E-state index contributed by atoms with van der Waals surface area (Å²) in [6.07, 6.45) is 2.26. The van der Waals surface area contributed by atoms with Crippen LogP contribution in [0.5, 0.6) is 0 Å². The Balaban J connectivity index is 1.39. The van der Waals surface area contributed by atoms with Crippen LogP contribution in [0.3, 0.4) is 0 Å². The fourth-order valence-corrected chi connectivity index (χ4v) is 4.39. The number of hydrogen-bond donors (Lipinski definition) is 2. The van der Waals surface area contributed by atoms with E-state index in [1.165, 1.54) is 0 Å². The molecule has 1 saturated heterocycles. The van der Waals surface area contributed by atoms with Gasteiger partial charge in [0, 0.05) is 45.2 Å². The average molecular weight is 423 g/mol. The summed E-state index contributed by atoms with van der Waals surface area (Å²) >= 11 is 0. The number of amides is 2. The van der Waals surface area contributed by atoms with Gasteiger partial charge in [-0.25, -0.2) is 13.1 Å². The van der Waals surface area contributed by atoms with Crippen molar-refractivity contribution < 1.29 is 18.0 Å². The molecule has 0 spiro atoms. The molecule has 0 atom stereocenters. The third kappa shape index (κ3) is 6.25. The number of aryl methyl sites for hydroxylation is 2. The van der Waals surface area contributed by atoms with Gasteiger partial charge in [0.05, 0.1) is 11.4 Å². The highest BCUT2D eigenvalue weighted by atomic mass is 32.2. The van der Waals surface area contributed by atoms with Gasteiger partial charge in [-0.05, 0) is 49.9 Å². The topological polar surface area (TPSA) is 98.8 Å². The van der Waals surface area contributed by atoms with Crippen LogP contribution >= 0.6 is 0 Å². The molecule has 2 fully saturated rings. The molecule has 1 aliphatic heterocycles. The summed E-state index contributed by atoms with van der Waals surface area (Å²) < 4.78 is 27.3. The van der Waals surface area contributed by atoms with E-state index in [0.29, 0.717) is 38.8 Å². The molecule has 1 aliphatic carbocycles. The Kier molecular flexibility index (Phi) is 6.92. The molecule has 3 rings (SSSR count). The van der Waals surface area contributed by atoms with E-state index >= 15 is 0 Å². The zero-order chi connectivity index (χ0) is 21.0. The zero-order valence-corrected chi connectivity index (χ0v) is 17.9. The minimum absolute atomic E-state index is 0.0491. The largest absolute Gasteiger partial charge is 0.352 e. The van der Waals surface area contributed by atoms with E-state index in [-0.39, 0.29) is 29.7 Å². The molecule has 1 aromatic carbocycles. The monoisotopic (exact) mass is 422 g/mol. The number of benzene rings is 1. The summed E-state index contributed by atoms with van der Waals surface area (Å²) in [4.78, 5) is 28.3. The van der Waals surface area contributed by atoms with E-state index in [9.17, 15) is 18.0 Å². The Labute approximate surface area is 172 Å². The Bertz CT molecular complexity index is 859. The van der Waals surface area contributed by atoms with Crippen molar-refractivity contribution in [3.63, 3.8) is 0 Å². The minimum Gasteiger partial charge on any atom is -0.352 e. The van der Waals surface area contributed by atoms with E-state index < -0.39 is 10.0 Å². The van der Waals surface area contributed by atoms with Crippen LogP contribution < -0.4 is 10.0 Å². The fraction of sp³-hybridized carbons (Fsp3) is 0.600. The molecule has 160 valence electrons. The molecule has 1 saturated carbocycles. The van der Waals surface area contributed by atoms with Crippen molar-refractivity contribution in [2.45, 2.75) is 44.0 Å².